The van der Waals surface area contributed by atoms with Gasteiger partial charge in [-0.3, -0.25) is 19.7 Å². The normalized spacial score (nSPS) is 15.9. The molecule has 1 aromatic carbocycles. The zero-order valence-corrected chi connectivity index (χ0v) is 16.0. The van der Waals surface area contributed by atoms with Gasteiger partial charge in [0.25, 0.3) is 11.6 Å². The van der Waals surface area contributed by atoms with Crippen LogP contribution in [-0.4, -0.2) is 40.3 Å². The van der Waals surface area contributed by atoms with Crippen molar-refractivity contribution in [2.45, 2.75) is 58.4 Å². The predicted molar refractivity (Wildman–Crippen MR) is 99.0 cm³/mol. The minimum atomic E-state index is -1.04. The van der Waals surface area contributed by atoms with Gasteiger partial charge in [0, 0.05) is 24.7 Å². The predicted octanol–water partition coefficient (Wildman–Crippen LogP) is 3.34. The molecule has 1 aliphatic carbocycles. The van der Waals surface area contributed by atoms with Crippen LogP contribution in [0, 0.1) is 22.9 Å². The average molecular weight is 379 g/mol. The van der Waals surface area contributed by atoms with Crippen molar-refractivity contribution < 1.29 is 18.9 Å². The lowest BCUT2D eigenvalue weighted by Gasteiger charge is -2.40. The van der Waals surface area contributed by atoms with Crippen LogP contribution in [0.25, 0.3) is 0 Å². The molecule has 0 heterocycles. The Morgan fingerprint density at radius 2 is 1.81 bits per heavy atom. The van der Waals surface area contributed by atoms with Crippen molar-refractivity contribution in [2.24, 2.45) is 0 Å². The van der Waals surface area contributed by atoms with Crippen molar-refractivity contribution >= 4 is 17.5 Å². The van der Waals surface area contributed by atoms with Crippen molar-refractivity contribution in [3.8, 4) is 0 Å². The van der Waals surface area contributed by atoms with Gasteiger partial charge in [0.05, 0.1) is 10.5 Å². The number of hydrogen-bond donors (Lipinski definition) is 1. The van der Waals surface area contributed by atoms with Crippen LogP contribution in [0.3, 0.4) is 0 Å². The van der Waals surface area contributed by atoms with E-state index in [1.807, 2.05) is 13.8 Å². The third kappa shape index (κ3) is 4.26. The fourth-order valence-electron chi connectivity index (χ4n) is 3.64. The van der Waals surface area contributed by atoms with E-state index in [1.54, 1.807) is 4.90 Å². The molecule has 1 fully saturated rings. The van der Waals surface area contributed by atoms with Gasteiger partial charge in [0.2, 0.25) is 5.91 Å². The van der Waals surface area contributed by atoms with Gasteiger partial charge in [0.1, 0.15) is 11.4 Å². The van der Waals surface area contributed by atoms with Crippen molar-refractivity contribution in [3.05, 3.63) is 39.2 Å². The van der Waals surface area contributed by atoms with E-state index in [0.29, 0.717) is 25.9 Å². The Labute approximate surface area is 158 Å². The second-order valence-electron chi connectivity index (χ2n) is 6.93. The molecule has 0 bridgehead atoms. The molecule has 0 unspecified atom stereocenters. The van der Waals surface area contributed by atoms with Gasteiger partial charge >= 0.3 is 0 Å². The fourth-order valence-corrected chi connectivity index (χ4v) is 3.64. The summed E-state index contributed by atoms with van der Waals surface area (Å²) in [5, 5.41) is 13.9. The van der Waals surface area contributed by atoms with E-state index in [4.69, 9.17) is 0 Å². The highest BCUT2D eigenvalue weighted by Gasteiger charge is 2.43. The van der Waals surface area contributed by atoms with Gasteiger partial charge in [-0.15, -0.1) is 0 Å². The molecule has 1 aromatic rings. The minimum Gasteiger partial charge on any atom is -0.341 e. The van der Waals surface area contributed by atoms with E-state index in [-0.39, 0.29) is 17.0 Å². The molecular formula is C19H26FN3O4. The molecule has 0 atom stereocenters. The summed E-state index contributed by atoms with van der Waals surface area (Å²) in [5.41, 5.74) is -1.77. The van der Waals surface area contributed by atoms with Crippen molar-refractivity contribution in [3.63, 3.8) is 0 Å². The topological polar surface area (TPSA) is 92.6 Å². The molecule has 0 aliphatic heterocycles. The minimum absolute atomic E-state index is 0.122. The number of halogens is 1. The second-order valence-corrected chi connectivity index (χ2v) is 6.93. The third-order valence-electron chi connectivity index (χ3n) is 5.30. The Morgan fingerprint density at radius 3 is 2.33 bits per heavy atom. The van der Waals surface area contributed by atoms with E-state index in [0.717, 1.165) is 31.4 Å². The summed E-state index contributed by atoms with van der Waals surface area (Å²) in [5.74, 6) is -1.64. The van der Waals surface area contributed by atoms with Crippen molar-refractivity contribution in [1.82, 2.24) is 10.2 Å². The first-order chi connectivity index (χ1) is 12.8. The number of likely N-dealkylation sites (N-methyl/N-ethyl adjacent to an activating group) is 1. The van der Waals surface area contributed by atoms with Gasteiger partial charge in [-0.05, 0) is 39.7 Å². The van der Waals surface area contributed by atoms with Gasteiger partial charge in [0.15, 0.2) is 0 Å². The zero-order chi connectivity index (χ0) is 20.2. The molecule has 1 N–H and O–H groups in total. The highest BCUT2D eigenvalue weighted by atomic mass is 19.1. The van der Waals surface area contributed by atoms with Gasteiger partial charge in [-0.1, -0.05) is 19.3 Å². The van der Waals surface area contributed by atoms with Crippen LogP contribution < -0.4 is 5.32 Å². The first-order valence-corrected chi connectivity index (χ1v) is 9.32. The molecule has 0 spiro atoms. The van der Waals surface area contributed by atoms with Crippen molar-refractivity contribution in [1.29, 1.82) is 0 Å². The lowest BCUT2D eigenvalue weighted by Crippen LogP contribution is -2.60. The molecule has 0 saturated heterocycles. The Bertz CT molecular complexity index is 741. The number of rotatable bonds is 6. The van der Waals surface area contributed by atoms with Crippen LogP contribution >= 0.6 is 0 Å². The lowest BCUT2D eigenvalue weighted by molar-refractivity contribution is -0.385. The standard InChI is InChI=1S/C19H26FN3O4/c1-4-22(5-2)18(25)19(9-7-6-8-10-19)21-17(24)14-11-15(20)13(3)16(12-14)23(26)27/h11-12H,4-10H2,1-3H3,(H,21,24). The summed E-state index contributed by atoms with van der Waals surface area (Å²) in [6.45, 7) is 6.09. The van der Waals surface area contributed by atoms with Crippen LogP contribution in [-0.2, 0) is 4.79 Å². The number of hydrogen-bond acceptors (Lipinski definition) is 4. The lowest BCUT2D eigenvalue weighted by atomic mass is 9.80. The summed E-state index contributed by atoms with van der Waals surface area (Å²) >= 11 is 0. The number of benzene rings is 1. The van der Waals surface area contributed by atoms with E-state index >= 15 is 0 Å². The fraction of sp³-hybridized carbons (Fsp3) is 0.579. The maximum atomic E-state index is 14.1. The number of carbonyl (C=O) groups excluding carboxylic acids is 2. The molecule has 8 heteroatoms. The molecule has 1 aliphatic rings. The Balaban J connectivity index is 2.37. The Hall–Kier alpha value is -2.51. The Morgan fingerprint density at radius 1 is 1.22 bits per heavy atom. The maximum absolute atomic E-state index is 14.1. The number of nitrogens with one attached hydrogen (secondary N) is 1. The first-order valence-electron chi connectivity index (χ1n) is 9.32. The van der Waals surface area contributed by atoms with Crippen LogP contribution in [0.2, 0.25) is 0 Å². The SMILES string of the molecule is CCN(CC)C(=O)C1(NC(=O)c2cc(F)c(C)c([N+](=O)[O-])c2)CCCCC1. The van der Waals surface area contributed by atoms with E-state index < -0.39 is 27.9 Å². The van der Waals surface area contributed by atoms with E-state index in [2.05, 4.69) is 5.32 Å². The van der Waals surface area contributed by atoms with E-state index in [9.17, 15) is 24.1 Å². The van der Waals surface area contributed by atoms with Gasteiger partial charge < -0.3 is 10.2 Å². The van der Waals surface area contributed by atoms with Crippen LogP contribution in [0.1, 0.15) is 61.9 Å². The average Bonchev–Trinajstić information content (AvgIpc) is 2.65. The number of carbonyl (C=O) groups is 2. The molecule has 1 saturated carbocycles. The number of nitro groups is 1. The summed E-state index contributed by atoms with van der Waals surface area (Å²) in [4.78, 5) is 37.9. The van der Waals surface area contributed by atoms with Gasteiger partial charge in [-0.2, -0.15) is 0 Å². The van der Waals surface area contributed by atoms with Crippen LogP contribution in [0.5, 0.6) is 0 Å². The smallest absolute Gasteiger partial charge is 0.276 e. The molecule has 2 rings (SSSR count). The largest absolute Gasteiger partial charge is 0.341 e. The number of amides is 2. The van der Waals surface area contributed by atoms with Crippen LogP contribution in [0.15, 0.2) is 12.1 Å². The molecule has 7 nitrogen and oxygen atoms in total. The van der Waals surface area contributed by atoms with Crippen LogP contribution in [0.4, 0.5) is 10.1 Å². The summed E-state index contributed by atoms with van der Waals surface area (Å²) < 4.78 is 14.1. The first kappa shape index (κ1) is 20.8. The quantitative estimate of drug-likeness (QED) is 0.606. The molecule has 27 heavy (non-hydrogen) atoms. The Kier molecular flexibility index (Phi) is 6.51. The molecule has 0 radical (unpaired) electrons. The number of nitrogens with zero attached hydrogens (tertiary/aromatic N) is 2. The zero-order valence-electron chi connectivity index (χ0n) is 16.0. The van der Waals surface area contributed by atoms with Crippen molar-refractivity contribution in [2.75, 3.05) is 13.1 Å². The monoisotopic (exact) mass is 379 g/mol. The summed E-state index contributed by atoms with van der Waals surface area (Å²) in [6, 6.07) is 2.04. The van der Waals surface area contributed by atoms with Gasteiger partial charge in [-0.25, -0.2) is 4.39 Å². The summed E-state index contributed by atoms with van der Waals surface area (Å²) in [6.07, 6.45) is 3.59. The molecule has 148 valence electrons. The third-order valence-corrected chi connectivity index (χ3v) is 5.30. The highest BCUT2D eigenvalue weighted by molar-refractivity contribution is 5.99. The second kappa shape index (κ2) is 8.45. The van der Waals surface area contributed by atoms with E-state index in [1.165, 1.54) is 6.92 Å². The molecular weight excluding hydrogens is 353 g/mol. The number of nitro benzene ring substituents is 1. The maximum Gasteiger partial charge on any atom is 0.276 e. The summed E-state index contributed by atoms with van der Waals surface area (Å²) in [7, 11) is 0. The molecule has 2 amide bonds. The molecule has 0 aromatic heterocycles. The highest BCUT2D eigenvalue weighted by Crippen LogP contribution is 2.31.